The molecule has 0 saturated carbocycles. The Bertz CT molecular complexity index is 64.6. The van der Waals surface area contributed by atoms with Gasteiger partial charge in [-0.1, -0.05) is 20.8 Å². The summed E-state index contributed by atoms with van der Waals surface area (Å²) in [5.74, 6) is 0. The monoisotopic (exact) mass is 166 g/mol. The van der Waals surface area contributed by atoms with Gasteiger partial charge >= 0.3 is 0 Å². The molecule has 0 saturated heterocycles. The molecule has 2 nitrogen and oxygen atoms in total. The average molecular weight is 167 g/mol. The van der Waals surface area contributed by atoms with Crippen LogP contribution in [0.15, 0.2) is 0 Å². The maximum atomic E-state index is 5.76. The van der Waals surface area contributed by atoms with Gasteiger partial charge in [-0.2, -0.15) is 0 Å². The van der Waals surface area contributed by atoms with E-state index in [0.29, 0.717) is 0 Å². The Hall–Kier alpha value is 0.210. The van der Waals surface area contributed by atoms with Gasteiger partial charge in [-0.05, 0) is 19.5 Å². The van der Waals surface area contributed by atoms with Crippen LogP contribution < -0.4 is 5.73 Å². The molecule has 3 heteroatoms. The molecule has 0 aliphatic carbocycles. The second kappa shape index (κ2) is 7.32. The highest BCUT2D eigenvalue weighted by atomic mass is 35.5. The van der Waals surface area contributed by atoms with Gasteiger partial charge in [0.15, 0.2) is 0 Å². The molecule has 0 aromatic rings. The fraction of sp³-hybridized carbons (Fsp3) is 1.00. The SMILES string of the molecule is CCC(N)N(CC)CC.Cl. The van der Waals surface area contributed by atoms with E-state index in [0.717, 1.165) is 19.5 Å². The standard InChI is InChI=1S/C7H18N2.ClH/c1-4-7(8)9(5-2)6-3;/h7H,4-6,8H2,1-3H3;1H. The molecule has 64 valence electrons. The Kier molecular flexibility index (Phi) is 9.40. The Morgan fingerprint density at radius 3 is 1.70 bits per heavy atom. The van der Waals surface area contributed by atoms with E-state index < -0.39 is 0 Å². The first-order valence-electron chi connectivity index (χ1n) is 3.75. The van der Waals surface area contributed by atoms with Crippen molar-refractivity contribution in [2.45, 2.75) is 33.4 Å². The lowest BCUT2D eigenvalue weighted by Gasteiger charge is -2.24. The minimum atomic E-state index is 0. The van der Waals surface area contributed by atoms with Crippen molar-refractivity contribution in [3.8, 4) is 0 Å². The number of hydrogen-bond acceptors (Lipinski definition) is 2. The minimum Gasteiger partial charge on any atom is -0.316 e. The summed E-state index contributed by atoms with van der Waals surface area (Å²) in [7, 11) is 0. The highest BCUT2D eigenvalue weighted by Crippen LogP contribution is 1.95. The van der Waals surface area contributed by atoms with Crippen LogP contribution in [0.5, 0.6) is 0 Å². The van der Waals surface area contributed by atoms with Gasteiger partial charge in [-0.15, -0.1) is 12.4 Å². The molecule has 0 aliphatic rings. The first-order valence-corrected chi connectivity index (χ1v) is 3.75. The first kappa shape index (κ1) is 12.8. The molecule has 0 aliphatic heterocycles. The van der Waals surface area contributed by atoms with Crippen LogP contribution in [0.2, 0.25) is 0 Å². The minimum absolute atomic E-state index is 0. The molecule has 0 aromatic carbocycles. The van der Waals surface area contributed by atoms with Crippen LogP contribution >= 0.6 is 12.4 Å². The van der Waals surface area contributed by atoms with Crippen molar-refractivity contribution in [1.82, 2.24) is 4.90 Å². The highest BCUT2D eigenvalue weighted by molar-refractivity contribution is 5.85. The van der Waals surface area contributed by atoms with Gasteiger partial charge < -0.3 is 5.73 Å². The van der Waals surface area contributed by atoms with E-state index in [1.165, 1.54) is 0 Å². The van der Waals surface area contributed by atoms with Gasteiger partial charge in [0.2, 0.25) is 0 Å². The van der Waals surface area contributed by atoms with Crippen LogP contribution in [0.25, 0.3) is 0 Å². The van der Waals surface area contributed by atoms with Crippen molar-refractivity contribution in [3.63, 3.8) is 0 Å². The molecule has 0 rings (SSSR count). The van der Waals surface area contributed by atoms with Crippen molar-refractivity contribution >= 4 is 12.4 Å². The van der Waals surface area contributed by atoms with E-state index in [2.05, 4.69) is 25.7 Å². The zero-order valence-corrected chi connectivity index (χ0v) is 7.95. The predicted molar refractivity (Wildman–Crippen MR) is 48.4 cm³/mol. The topological polar surface area (TPSA) is 29.3 Å². The van der Waals surface area contributed by atoms with E-state index in [-0.39, 0.29) is 18.6 Å². The van der Waals surface area contributed by atoms with Crippen LogP contribution in [0.4, 0.5) is 0 Å². The van der Waals surface area contributed by atoms with Gasteiger partial charge in [0.1, 0.15) is 0 Å². The summed E-state index contributed by atoms with van der Waals surface area (Å²) in [6.45, 7) is 8.51. The van der Waals surface area contributed by atoms with E-state index >= 15 is 0 Å². The molecule has 0 bridgehead atoms. The smallest absolute Gasteiger partial charge is 0.0568 e. The van der Waals surface area contributed by atoms with Gasteiger partial charge in [0.25, 0.3) is 0 Å². The zero-order valence-electron chi connectivity index (χ0n) is 7.13. The summed E-state index contributed by atoms with van der Waals surface area (Å²) in [4.78, 5) is 2.25. The molecule has 0 aromatic heterocycles. The summed E-state index contributed by atoms with van der Waals surface area (Å²) < 4.78 is 0. The van der Waals surface area contributed by atoms with Gasteiger partial charge in [0.05, 0.1) is 6.17 Å². The summed E-state index contributed by atoms with van der Waals surface area (Å²) >= 11 is 0. The maximum Gasteiger partial charge on any atom is 0.0568 e. The second-order valence-electron chi connectivity index (χ2n) is 2.20. The van der Waals surface area contributed by atoms with Crippen molar-refractivity contribution in [2.75, 3.05) is 13.1 Å². The molecule has 10 heavy (non-hydrogen) atoms. The van der Waals surface area contributed by atoms with Crippen molar-refractivity contribution in [3.05, 3.63) is 0 Å². The third kappa shape index (κ3) is 4.09. The molecule has 1 unspecified atom stereocenters. The van der Waals surface area contributed by atoms with E-state index in [1.807, 2.05) is 0 Å². The third-order valence-electron chi connectivity index (χ3n) is 1.70. The fourth-order valence-corrected chi connectivity index (χ4v) is 0.951. The molecule has 0 radical (unpaired) electrons. The maximum absolute atomic E-state index is 5.76. The van der Waals surface area contributed by atoms with Gasteiger partial charge in [-0.3, -0.25) is 4.90 Å². The fourth-order valence-electron chi connectivity index (χ4n) is 0.951. The van der Waals surface area contributed by atoms with Crippen LogP contribution in [-0.2, 0) is 0 Å². The molecule has 0 amide bonds. The summed E-state index contributed by atoms with van der Waals surface area (Å²) in [6.07, 6.45) is 1.31. The molecular formula is C7H19ClN2. The first-order chi connectivity index (χ1) is 4.26. The van der Waals surface area contributed by atoms with E-state index in [9.17, 15) is 0 Å². The lowest BCUT2D eigenvalue weighted by molar-refractivity contribution is 0.216. The van der Waals surface area contributed by atoms with Crippen molar-refractivity contribution in [2.24, 2.45) is 5.73 Å². The van der Waals surface area contributed by atoms with Crippen LogP contribution in [0, 0.1) is 0 Å². The Morgan fingerprint density at radius 1 is 1.20 bits per heavy atom. The molecule has 1 atom stereocenters. The van der Waals surface area contributed by atoms with Gasteiger partial charge in [0, 0.05) is 0 Å². The number of rotatable bonds is 4. The van der Waals surface area contributed by atoms with E-state index in [4.69, 9.17) is 5.73 Å². The Balaban J connectivity index is 0. The predicted octanol–water partition coefficient (Wildman–Crippen LogP) is 1.44. The molecular weight excluding hydrogens is 148 g/mol. The van der Waals surface area contributed by atoms with Crippen LogP contribution in [-0.4, -0.2) is 24.2 Å². The summed E-state index contributed by atoms with van der Waals surface area (Å²) in [5, 5.41) is 0. The molecule has 0 spiro atoms. The summed E-state index contributed by atoms with van der Waals surface area (Å²) in [5.41, 5.74) is 5.76. The zero-order chi connectivity index (χ0) is 7.28. The third-order valence-corrected chi connectivity index (χ3v) is 1.70. The van der Waals surface area contributed by atoms with Crippen molar-refractivity contribution < 1.29 is 0 Å². The number of nitrogens with two attached hydrogens (primary N) is 1. The molecule has 0 fully saturated rings. The number of nitrogens with zero attached hydrogens (tertiary/aromatic N) is 1. The lowest BCUT2D eigenvalue weighted by atomic mass is 10.3. The molecule has 0 heterocycles. The van der Waals surface area contributed by atoms with Crippen molar-refractivity contribution in [1.29, 1.82) is 0 Å². The van der Waals surface area contributed by atoms with Crippen LogP contribution in [0.3, 0.4) is 0 Å². The summed E-state index contributed by atoms with van der Waals surface area (Å²) in [6, 6.07) is 0. The van der Waals surface area contributed by atoms with E-state index in [1.54, 1.807) is 0 Å². The normalized spacial score (nSPS) is 12.9. The number of hydrogen-bond donors (Lipinski definition) is 1. The average Bonchev–Trinajstić information content (AvgIpc) is 1.90. The van der Waals surface area contributed by atoms with Crippen LogP contribution in [0.1, 0.15) is 27.2 Å². The lowest BCUT2D eigenvalue weighted by Crippen LogP contribution is -2.41. The van der Waals surface area contributed by atoms with Gasteiger partial charge in [-0.25, -0.2) is 0 Å². The number of halogens is 1. The highest BCUT2D eigenvalue weighted by Gasteiger charge is 2.05. The second-order valence-corrected chi connectivity index (χ2v) is 2.20. The Labute approximate surface area is 70.2 Å². The quantitative estimate of drug-likeness (QED) is 0.641. The molecule has 2 N–H and O–H groups in total. The Morgan fingerprint density at radius 2 is 1.60 bits per heavy atom. The largest absolute Gasteiger partial charge is 0.316 e.